The molecule has 0 spiro atoms. The summed E-state index contributed by atoms with van der Waals surface area (Å²) in [5.41, 5.74) is 1.83. The molecular formula is C22H19BrN2O4. The second kappa shape index (κ2) is 8.63. The van der Waals surface area contributed by atoms with Crippen LogP contribution in [0.5, 0.6) is 0 Å². The zero-order valence-corrected chi connectivity index (χ0v) is 17.1. The van der Waals surface area contributed by atoms with E-state index >= 15 is 0 Å². The number of nitrogens with one attached hydrogen (secondary N) is 1. The molecule has 0 atom stereocenters. The van der Waals surface area contributed by atoms with Gasteiger partial charge in [0.25, 0.3) is 5.91 Å². The van der Waals surface area contributed by atoms with Gasteiger partial charge in [-0.05, 0) is 35.9 Å². The van der Waals surface area contributed by atoms with Crippen LogP contribution in [0.15, 0.2) is 63.5 Å². The van der Waals surface area contributed by atoms with Crippen molar-refractivity contribution < 1.29 is 18.7 Å². The predicted molar refractivity (Wildman–Crippen MR) is 115 cm³/mol. The lowest BCUT2D eigenvalue weighted by Crippen LogP contribution is -2.40. The summed E-state index contributed by atoms with van der Waals surface area (Å²) in [6.45, 7) is 1.96. The molecule has 1 aromatic heterocycles. The van der Waals surface area contributed by atoms with Crippen molar-refractivity contribution in [2.45, 2.75) is 0 Å². The van der Waals surface area contributed by atoms with Crippen molar-refractivity contribution >= 4 is 50.5 Å². The number of morpholine rings is 1. The van der Waals surface area contributed by atoms with Gasteiger partial charge in [-0.1, -0.05) is 40.2 Å². The van der Waals surface area contributed by atoms with Gasteiger partial charge in [-0.25, -0.2) is 0 Å². The van der Waals surface area contributed by atoms with Crippen LogP contribution in [0.2, 0.25) is 0 Å². The Hall–Kier alpha value is -2.90. The number of hydrogen-bond acceptors (Lipinski definition) is 4. The Labute approximate surface area is 176 Å². The van der Waals surface area contributed by atoms with Crippen LogP contribution < -0.4 is 5.32 Å². The highest BCUT2D eigenvalue weighted by molar-refractivity contribution is 9.10. The average Bonchev–Trinajstić information content (AvgIpc) is 3.11. The Bertz CT molecular complexity index is 1080. The quantitative estimate of drug-likeness (QED) is 0.595. The van der Waals surface area contributed by atoms with Crippen molar-refractivity contribution in [3.05, 3.63) is 70.4 Å². The van der Waals surface area contributed by atoms with Crippen molar-refractivity contribution in [3.8, 4) is 0 Å². The number of anilines is 1. The van der Waals surface area contributed by atoms with Crippen LogP contribution in [0.25, 0.3) is 17.0 Å². The van der Waals surface area contributed by atoms with Crippen molar-refractivity contribution in [2.75, 3.05) is 31.6 Å². The molecule has 1 fully saturated rings. The average molecular weight is 455 g/mol. The molecule has 7 heteroatoms. The molecule has 0 aliphatic carbocycles. The number of carbonyl (C=O) groups is 2. The fourth-order valence-corrected chi connectivity index (χ4v) is 3.59. The number of ether oxygens (including phenoxy) is 1. The van der Waals surface area contributed by atoms with Crippen molar-refractivity contribution in [1.82, 2.24) is 4.90 Å². The molecular weight excluding hydrogens is 436 g/mol. The number of furan rings is 1. The number of nitrogens with zero attached hydrogens (tertiary/aromatic N) is 1. The fourth-order valence-electron chi connectivity index (χ4n) is 3.18. The Morgan fingerprint density at radius 2 is 1.86 bits per heavy atom. The molecule has 6 nitrogen and oxygen atoms in total. The molecule has 1 saturated heterocycles. The summed E-state index contributed by atoms with van der Waals surface area (Å²) in [5.74, 6) is -0.458. The van der Waals surface area contributed by atoms with Crippen LogP contribution in [-0.2, 0) is 9.53 Å². The molecule has 148 valence electrons. The molecule has 0 unspecified atom stereocenters. The van der Waals surface area contributed by atoms with Crippen LogP contribution in [0.4, 0.5) is 5.69 Å². The van der Waals surface area contributed by atoms with Gasteiger partial charge < -0.3 is 19.4 Å². The molecule has 0 bridgehead atoms. The van der Waals surface area contributed by atoms with E-state index in [1.165, 1.54) is 6.08 Å². The van der Waals surface area contributed by atoms with E-state index in [0.29, 0.717) is 43.0 Å². The number of rotatable bonds is 4. The highest BCUT2D eigenvalue weighted by Gasteiger charge is 2.27. The first-order valence-electron chi connectivity index (χ1n) is 9.25. The molecule has 1 aliphatic heterocycles. The molecule has 1 aliphatic rings. The topological polar surface area (TPSA) is 71.8 Å². The van der Waals surface area contributed by atoms with Crippen molar-refractivity contribution in [2.24, 2.45) is 0 Å². The standard InChI is InChI=1S/C22H19BrN2O4/c23-16-5-3-4-15(14-16)8-9-19(26)24-20-17-6-1-2-7-18(17)29-21(20)22(27)25-10-12-28-13-11-25/h1-9,14H,10-13H2,(H,24,26)/b9-8+. The highest BCUT2D eigenvalue weighted by Crippen LogP contribution is 2.32. The SMILES string of the molecule is O=C(/C=C/c1cccc(Br)c1)Nc1c(C(=O)N2CCOCC2)oc2ccccc12. The van der Waals surface area contributed by atoms with Gasteiger partial charge in [0, 0.05) is 29.0 Å². The van der Waals surface area contributed by atoms with Gasteiger partial charge in [0.2, 0.25) is 11.7 Å². The third kappa shape index (κ3) is 4.41. The minimum atomic E-state index is -0.340. The summed E-state index contributed by atoms with van der Waals surface area (Å²) in [4.78, 5) is 27.2. The lowest BCUT2D eigenvalue weighted by atomic mass is 10.2. The molecule has 0 radical (unpaired) electrons. The summed E-state index contributed by atoms with van der Waals surface area (Å²) in [7, 11) is 0. The van der Waals surface area contributed by atoms with E-state index in [0.717, 1.165) is 10.0 Å². The molecule has 3 aromatic rings. The summed E-state index contributed by atoms with van der Waals surface area (Å²) < 4.78 is 12.1. The van der Waals surface area contributed by atoms with Crippen molar-refractivity contribution in [1.29, 1.82) is 0 Å². The van der Waals surface area contributed by atoms with Crippen LogP contribution >= 0.6 is 15.9 Å². The van der Waals surface area contributed by atoms with E-state index in [1.807, 2.05) is 42.5 Å². The second-order valence-electron chi connectivity index (χ2n) is 6.58. The Morgan fingerprint density at radius 3 is 2.66 bits per heavy atom. The Morgan fingerprint density at radius 1 is 1.07 bits per heavy atom. The zero-order chi connectivity index (χ0) is 20.2. The zero-order valence-electron chi connectivity index (χ0n) is 15.6. The first kappa shape index (κ1) is 19.4. The first-order chi connectivity index (χ1) is 14.1. The minimum Gasteiger partial charge on any atom is -0.449 e. The maximum atomic E-state index is 13.0. The van der Waals surface area contributed by atoms with E-state index in [-0.39, 0.29) is 17.6 Å². The number of amides is 2. The maximum Gasteiger partial charge on any atom is 0.291 e. The van der Waals surface area contributed by atoms with E-state index in [4.69, 9.17) is 9.15 Å². The van der Waals surface area contributed by atoms with Crippen LogP contribution in [-0.4, -0.2) is 43.0 Å². The number of carbonyl (C=O) groups excluding carboxylic acids is 2. The van der Waals surface area contributed by atoms with Crippen LogP contribution in [0.1, 0.15) is 16.1 Å². The molecule has 29 heavy (non-hydrogen) atoms. The third-order valence-corrected chi connectivity index (χ3v) is 5.11. The van der Waals surface area contributed by atoms with Gasteiger partial charge in [-0.3, -0.25) is 9.59 Å². The monoisotopic (exact) mass is 454 g/mol. The smallest absolute Gasteiger partial charge is 0.291 e. The normalized spacial score (nSPS) is 14.4. The van der Waals surface area contributed by atoms with Gasteiger partial charge in [0.1, 0.15) is 11.3 Å². The molecule has 2 aromatic carbocycles. The Balaban J connectivity index is 1.61. The van der Waals surface area contributed by atoms with Gasteiger partial charge in [0.15, 0.2) is 0 Å². The van der Waals surface area contributed by atoms with E-state index in [1.54, 1.807) is 17.0 Å². The first-order valence-corrected chi connectivity index (χ1v) is 10.0. The third-order valence-electron chi connectivity index (χ3n) is 4.61. The summed E-state index contributed by atoms with van der Waals surface area (Å²) in [6, 6.07) is 14.9. The van der Waals surface area contributed by atoms with E-state index in [2.05, 4.69) is 21.2 Å². The number of hydrogen-bond donors (Lipinski definition) is 1. The number of halogens is 1. The minimum absolute atomic E-state index is 0.136. The summed E-state index contributed by atoms with van der Waals surface area (Å²) >= 11 is 3.41. The summed E-state index contributed by atoms with van der Waals surface area (Å²) in [5, 5.41) is 3.52. The molecule has 2 heterocycles. The second-order valence-corrected chi connectivity index (χ2v) is 7.50. The summed E-state index contributed by atoms with van der Waals surface area (Å²) in [6.07, 6.45) is 3.15. The van der Waals surface area contributed by atoms with Crippen LogP contribution in [0.3, 0.4) is 0 Å². The van der Waals surface area contributed by atoms with E-state index in [9.17, 15) is 9.59 Å². The van der Waals surface area contributed by atoms with E-state index < -0.39 is 0 Å². The van der Waals surface area contributed by atoms with Crippen LogP contribution in [0, 0.1) is 0 Å². The van der Waals surface area contributed by atoms with Gasteiger partial charge in [-0.2, -0.15) is 0 Å². The number of fused-ring (bicyclic) bond motifs is 1. The number of benzene rings is 2. The molecule has 2 amide bonds. The fraction of sp³-hybridized carbons (Fsp3) is 0.182. The number of para-hydroxylation sites is 1. The van der Waals surface area contributed by atoms with Gasteiger partial charge >= 0.3 is 0 Å². The molecule has 1 N–H and O–H groups in total. The molecule has 0 saturated carbocycles. The molecule has 4 rings (SSSR count). The maximum absolute atomic E-state index is 13.0. The lowest BCUT2D eigenvalue weighted by Gasteiger charge is -2.26. The highest BCUT2D eigenvalue weighted by atomic mass is 79.9. The van der Waals surface area contributed by atoms with Crippen molar-refractivity contribution in [3.63, 3.8) is 0 Å². The lowest BCUT2D eigenvalue weighted by molar-refractivity contribution is -0.111. The van der Waals surface area contributed by atoms with Gasteiger partial charge in [0.05, 0.1) is 13.2 Å². The van der Waals surface area contributed by atoms with Gasteiger partial charge in [-0.15, -0.1) is 0 Å². The predicted octanol–water partition coefficient (Wildman–Crippen LogP) is 4.32. The largest absolute Gasteiger partial charge is 0.449 e. The Kier molecular flexibility index (Phi) is 5.78.